The average molecular weight is 314 g/mol. The van der Waals surface area contributed by atoms with Crippen molar-refractivity contribution in [3.63, 3.8) is 0 Å². The summed E-state index contributed by atoms with van der Waals surface area (Å²) in [4.78, 5) is 10.6. The van der Waals surface area contributed by atoms with Gasteiger partial charge in [-0.2, -0.15) is 0 Å². The first-order valence-corrected chi connectivity index (χ1v) is 8.64. The Labute approximate surface area is 135 Å². The lowest BCUT2D eigenvalue weighted by Crippen LogP contribution is -2.38. The van der Waals surface area contributed by atoms with Crippen LogP contribution in [0.15, 0.2) is 35.3 Å². The predicted octanol–water partition coefficient (Wildman–Crippen LogP) is 3.34. The third-order valence-electron chi connectivity index (χ3n) is 3.56. The van der Waals surface area contributed by atoms with Gasteiger partial charge < -0.3 is 10.6 Å². The van der Waals surface area contributed by atoms with Gasteiger partial charge in [-0.1, -0.05) is 30.3 Å². The normalized spacial score (nSPS) is 14.9. The van der Waals surface area contributed by atoms with E-state index in [1.165, 1.54) is 23.3 Å². The smallest absolute Gasteiger partial charge is 0.191 e. The lowest BCUT2D eigenvalue weighted by Gasteiger charge is -2.09. The molecule has 5 heteroatoms. The molecule has 1 aliphatic rings. The number of benzene rings is 1. The Morgan fingerprint density at radius 2 is 2.09 bits per heavy atom. The van der Waals surface area contributed by atoms with Crippen LogP contribution in [0.5, 0.6) is 0 Å². The second kappa shape index (κ2) is 6.92. The number of guanidine groups is 1. The molecule has 0 aliphatic heterocycles. The molecule has 0 bridgehead atoms. The largest absolute Gasteiger partial charge is 0.357 e. The number of rotatable bonds is 5. The summed E-state index contributed by atoms with van der Waals surface area (Å²) in [7, 11) is 0. The number of aliphatic imine (C=N–C) groups is 1. The predicted molar refractivity (Wildman–Crippen MR) is 93.3 cm³/mol. The molecule has 0 radical (unpaired) electrons. The van der Waals surface area contributed by atoms with Crippen molar-refractivity contribution in [3.8, 4) is 10.6 Å². The Balaban J connectivity index is 1.72. The first-order valence-electron chi connectivity index (χ1n) is 7.83. The van der Waals surface area contributed by atoms with Gasteiger partial charge in [0.2, 0.25) is 0 Å². The highest BCUT2D eigenvalue weighted by Gasteiger charge is 2.22. The molecular weight excluding hydrogens is 292 g/mol. The van der Waals surface area contributed by atoms with Gasteiger partial charge in [0.1, 0.15) is 5.01 Å². The molecule has 0 unspecified atom stereocenters. The molecule has 3 rings (SSSR count). The van der Waals surface area contributed by atoms with Gasteiger partial charge in [0, 0.05) is 23.0 Å². The number of aryl methyl sites for hydroxylation is 1. The molecule has 1 fully saturated rings. The molecule has 1 saturated carbocycles. The summed E-state index contributed by atoms with van der Waals surface area (Å²) < 4.78 is 0. The van der Waals surface area contributed by atoms with Gasteiger partial charge in [0.15, 0.2) is 5.96 Å². The summed E-state index contributed by atoms with van der Waals surface area (Å²) in [6, 6.07) is 10.9. The van der Waals surface area contributed by atoms with E-state index >= 15 is 0 Å². The molecule has 1 aromatic heterocycles. The van der Waals surface area contributed by atoms with Gasteiger partial charge in [0.25, 0.3) is 0 Å². The van der Waals surface area contributed by atoms with Crippen LogP contribution in [0.2, 0.25) is 0 Å². The first-order chi connectivity index (χ1) is 10.8. The van der Waals surface area contributed by atoms with Crippen LogP contribution < -0.4 is 10.6 Å². The maximum absolute atomic E-state index is 4.70. The van der Waals surface area contributed by atoms with Crippen molar-refractivity contribution in [2.75, 3.05) is 6.54 Å². The minimum atomic E-state index is 0.611. The Morgan fingerprint density at radius 1 is 1.32 bits per heavy atom. The topological polar surface area (TPSA) is 49.3 Å². The number of nitrogens with one attached hydrogen (secondary N) is 2. The van der Waals surface area contributed by atoms with E-state index in [4.69, 9.17) is 4.99 Å². The second-order valence-electron chi connectivity index (χ2n) is 5.51. The zero-order chi connectivity index (χ0) is 15.4. The maximum Gasteiger partial charge on any atom is 0.191 e. The van der Waals surface area contributed by atoms with Crippen LogP contribution in [0.4, 0.5) is 0 Å². The van der Waals surface area contributed by atoms with Gasteiger partial charge in [-0.05, 0) is 26.7 Å². The molecular formula is C17H22N4S. The molecule has 2 N–H and O–H groups in total. The van der Waals surface area contributed by atoms with E-state index in [0.29, 0.717) is 12.6 Å². The van der Waals surface area contributed by atoms with Crippen molar-refractivity contribution in [1.29, 1.82) is 0 Å². The van der Waals surface area contributed by atoms with E-state index in [9.17, 15) is 0 Å². The summed E-state index contributed by atoms with van der Waals surface area (Å²) in [6.45, 7) is 5.72. The van der Waals surface area contributed by atoms with Gasteiger partial charge >= 0.3 is 0 Å². The lowest BCUT2D eigenvalue weighted by atomic mass is 10.2. The van der Waals surface area contributed by atoms with Crippen molar-refractivity contribution in [2.45, 2.75) is 39.3 Å². The van der Waals surface area contributed by atoms with Crippen LogP contribution in [0.25, 0.3) is 10.6 Å². The minimum Gasteiger partial charge on any atom is -0.357 e. The Bertz CT molecular complexity index is 644. The minimum absolute atomic E-state index is 0.611. The molecule has 0 amide bonds. The van der Waals surface area contributed by atoms with Gasteiger partial charge in [-0.15, -0.1) is 11.3 Å². The van der Waals surface area contributed by atoms with E-state index in [1.807, 2.05) is 18.2 Å². The van der Waals surface area contributed by atoms with Crippen LogP contribution in [-0.4, -0.2) is 23.5 Å². The fourth-order valence-corrected chi connectivity index (χ4v) is 3.16. The van der Waals surface area contributed by atoms with Crippen molar-refractivity contribution in [3.05, 3.63) is 40.9 Å². The van der Waals surface area contributed by atoms with Crippen LogP contribution in [0, 0.1) is 6.92 Å². The van der Waals surface area contributed by atoms with Gasteiger partial charge in [-0.25, -0.2) is 9.98 Å². The van der Waals surface area contributed by atoms with Crippen LogP contribution >= 0.6 is 11.3 Å². The summed E-state index contributed by atoms with van der Waals surface area (Å²) in [5.41, 5.74) is 2.25. The molecule has 22 heavy (non-hydrogen) atoms. The highest BCUT2D eigenvalue weighted by atomic mass is 32.1. The number of hydrogen-bond donors (Lipinski definition) is 2. The number of hydrogen-bond acceptors (Lipinski definition) is 3. The summed E-state index contributed by atoms with van der Waals surface area (Å²) in [5, 5.41) is 7.82. The molecule has 0 spiro atoms. The molecule has 1 aromatic carbocycles. The van der Waals surface area contributed by atoms with Crippen molar-refractivity contribution in [1.82, 2.24) is 15.6 Å². The molecule has 2 aromatic rings. The molecule has 116 valence electrons. The monoisotopic (exact) mass is 314 g/mol. The van der Waals surface area contributed by atoms with Crippen molar-refractivity contribution >= 4 is 17.3 Å². The first kappa shape index (κ1) is 15.0. The molecule has 0 atom stereocenters. The third kappa shape index (κ3) is 3.85. The highest BCUT2D eigenvalue weighted by molar-refractivity contribution is 7.15. The quantitative estimate of drug-likeness (QED) is 0.657. The van der Waals surface area contributed by atoms with E-state index in [2.05, 4.69) is 41.6 Å². The number of nitrogens with zero attached hydrogens (tertiary/aromatic N) is 2. The molecule has 0 saturated heterocycles. The summed E-state index contributed by atoms with van der Waals surface area (Å²) in [5.74, 6) is 0.916. The van der Waals surface area contributed by atoms with E-state index in [-0.39, 0.29) is 0 Å². The SMILES string of the molecule is CCNC(=NCc1sc(-c2ccccc2)nc1C)NC1CC1. The van der Waals surface area contributed by atoms with Gasteiger partial charge in [-0.3, -0.25) is 0 Å². The number of aromatic nitrogens is 1. The summed E-state index contributed by atoms with van der Waals surface area (Å²) >= 11 is 1.73. The average Bonchev–Trinajstić information content (AvgIpc) is 3.27. The van der Waals surface area contributed by atoms with Crippen molar-refractivity contribution in [2.24, 2.45) is 4.99 Å². The van der Waals surface area contributed by atoms with Crippen LogP contribution in [0.3, 0.4) is 0 Å². The zero-order valence-corrected chi connectivity index (χ0v) is 13.9. The second-order valence-corrected chi connectivity index (χ2v) is 6.59. The Hall–Kier alpha value is -1.88. The van der Waals surface area contributed by atoms with Crippen LogP contribution in [-0.2, 0) is 6.54 Å². The Kier molecular flexibility index (Phi) is 4.73. The lowest BCUT2D eigenvalue weighted by molar-refractivity contribution is 0.813. The van der Waals surface area contributed by atoms with Gasteiger partial charge in [0.05, 0.1) is 12.2 Å². The maximum atomic E-state index is 4.70. The van der Waals surface area contributed by atoms with E-state index in [0.717, 1.165) is 23.2 Å². The molecule has 1 heterocycles. The standard InChI is InChI=1S/C17H22N4S/c1-3-18-17(21-14-9-10-14)19-11-15-12(2)20-16(22-15)13-7-5-4-6-8-13/h4-8,14H,3,9-11H2,1-2H3,(H2,18,19,21). The Morgan fingerprint density at radius 3 is 2.77 bits per heavy atom. The zero-order valence-electron chi connectivity index (χ0n) is 13.1. The summed E-state index contributed by atoms with van der Waals surface area (Å²) in [6.07, 6.45) is 2.50. The van der Waals surface area contributed by atoms with E-state index in [1.54, 1.807) is 11.3 Å². The van der Waals surface area contributed by atoms with E-state index < -0.39 is 0 Å². The fraction of sp³-hybridized carbons (Fsp3) is 0.412. The third-order valence-corrected chi connectivity index (χ3v) is 4.75. The van der Waals surface area contributed by atoms with Crippen LogP contribution in [0.1, 0.15) is 30.3 Å². The van der Waals surface area contributed by atoms with Crippen molar-refractivity contribution < 1.29 is 0 Å². The number of thiazole rings is 1. The molecule has 1 aliphatic carbocycles. The molecule has 4 nitrogen and oxygen atoms in total. The fourth-order valence-electron chi connectivity index (χ4n) is 2.17. The highest BCUT2D eigenvalue weighted by Crippen LogP contribution is 2.28.